The molecule has 4 aromatic rings. The predicted octanol–water partition coefficient (Wildman–Crippen LogP) is 6.70. The first-order valence-corrected chi connectivity index (χ1v) is 11.4. The highest BCUT2D eigenvalue weighted by atomic mass is 32.1. The molecule has 0 amide bonds. The number of aromatic nitrogens is 1. The molecule has 1 aromatic heterocycles. The summed E-state index contributed by atoms with van der Waals surface area (Å²) in [6.45, 7) is 3.41. The van der Waals surface area contributed by atoms with Gasteiger partial charge in [0.15, 0.2) is 0 Å². The van der Waals surface area contributed by atoms with Crippen molar-refractivity contribution in [2.45, 2.75) is 32.9 Å². The van der Waals surface area contributed by atoms with Crippen LogP contribution in [0.3, 0.4) is 0 Å². The Morgan fingerprint density at radius 3 is 2.26 bits per heavy atom. The van der Waals surface area contributed by atoms with E-state index in [1.807, 2.05) is 88.9 Å². The van der Waals surface area contributed by atoms with Crippen molar-refractivity contribution in [2.24, 2.45) is 0 Å². The number of unbranched alkanes of at least 4 members (excludes halogenated alkanes) is 1. The highest BCUT2D eigenvalue weighted by molar-refractivity contribution is 7.10. The Kier molecular flexibility index (Phi) is 6.85. The molecule has 158 valence electrons. The van der Waals surface area contributed by atoms with Crippen LogP contribution in [0.15, 0.2) is 89.7 Å². The minimum Gasteiger partial charge on any atom is -0.489 e. The number of hydrogen-bond donors (Lipinski definition) is 1. The van der Waals surface area contributed by atoms with Gasteiger partial charge in [-0.25, -0.2) is 0 Å². The van der Waals surface area contributed by atoms with Crippen LogP contribution >= 0.6 is 11.5 Å². The third-order valence-electron chi connectivity index (χ3n) is 4.99. The van der Waals surface area contributed by atoms with E-state index in [0.29, 0.717) is 12.3 Å². The SMILES string of the molecule is CCCCn1sc(-c2ccccc2)c(Nc2ccc(OCc3ccccc3)cc2)c1=O. The van der Waals surface area contributed by atoms with Crippen molar-refractivity contribution in [3.63, 3.8) is 0 Å². The van der Waals surface area contributed by atoms with Gasteiger partial charge in [-0.1, -0.05) is 85.5 Å². The van der Waals surface area contributed by atoms with Crippen molar-refractivity contribution >= 4 is 22.9 Å². The Labute approximate surface area is 186 Å². The minimum absolute atomic E-state index is 0.0294. The topological polar surface area (TPSA) is 43.3 Å². The number of nitrogens with zero attached hydrogens (tertiary/aromatic N) is 1. The third kappa shape index (κ3) is 5.25. The van der Waals surface area contributed by atoms with Crippen LogP contribution in [0.5, 0.6) is 5.75 Å². The monoisotopic (exact) mass is 430 g/mol. The van der Waals surface area contributed by atoms with Gasteiger partial charge in [0.25, 0.3) is 5.56 Å². The zero-order chi connectivity index (χ0) is 21.5. The molecule has 0 saturated carbocycles. The number of aryl methyl sites for hydroxylation is 1. The zero-order valence-corrected chi connectivity index (χ0v) is 18.4. The lowest BCUT2D eigenvalue weighted by atomic mass is 10.1. The number of rotatable bonds is 9. The highest BCUT2D eigenvalue weighted by Crippen LogP contribution is 2.33. The fourth-order valence-electron chi connectivity index (χ4n) is 3.28. The quantitative estimate of drug-likeness (QED) is 0.321. The average molecular weight is 431 g/mol. The normalized spacial score (nSPS) is 10.7. The molecule has 5 heteroatoms. The first-order chi connectivity index (χ1) is 15.2. The highest BCUT2D eigenvalue weighted by Gasteiger charge is 2.16. The Morgan fingerprint density at radius 2 is 1.58 bits per heavy atom. The Balaban J connectivity index is 1.54. The van der Waals surface area contributed by atoms with Crippen LogP contribution in [0.4, 0.5) is 11.4 Å². The average Bonchev–Trinajstić information content (AvgIpc) is 3.13. The van der Waals surface area contributed by atoms with E-state index in [0.717, 1.165) is 46.8 Å². The summed E-state index contributed by atoms with van der Waals surface area (Å²) in [7, 11) is 0. The lowest BCUT2D eigenvalue weighted by Gasteiger charge is -2.09. The van der Waals surface area contributed by atoms with Gasteiger partial charge in [-0.05, 0) is 41.8 Å². The number of nitrogens with one attached hydrogen (secondary N) is 1. The van der Waals surface area contributed by atoms with Crippen molar-refractivity contribution in [3.8, 4) is 16.2 Å². The molecular weight excluding hydrogens is 404 g/mol. The third-order valence-corrected chi connectivity index (χ3v) is 6.18. The fraction of sp³-hybridized carbons (Fsp3) is 0.192. The molecule has 0 atom stereocenters. The van der Waals surface area contributed by atoms with Crippen LogP contribution in [0.25, 0.3) is 10.4 Å². The van der Waals surface area contributed by atoms with E-state index in [1.54, 1.807) is 0 Å². The van der Waals surface area contributed by atoms with E-state index in [1.165, 1.54) is 11.5 Å². The standard InChI is InChI=1S/C26H26N2O2S/c1-2-3-18-28-26(29)24(25(31-28)21-12-8-5-9-13-21)27-22-14-16-23(17-15-22)30-19-20-10-6-4-7-11-20/h4-17,27H,2-3,18-19H2,1H3. The van der Waals surface area contributed by atoms with Gasteiger partial charge < -0.3 is 10.1 Å². The van der Waals surface area contributed by atoms with E-state index in [9.17, 15) is 4.79 Å². The molecule has 0 radical (unpaired) electrons. The van der Waals surface area contributed by atoms with Gasteiger partial charge in [0.1, 0.15) is 18.0 Å². The van der Waals surface area contributed by atoms with Gasteiger partial charge in [-0.2, -0.15) is 0 Å². The Hall–Kier alpha value is -3.31. The van der Waals surface area contributed by atoms with Crippen LogP contribution < -0.4 is 15.6 Å². The largest absolute Gasteiger partial charge is 0.489 e. The molecule has 31 heavy (non-hydrogen) atoms. The molecule has 0 unspecified atom stereocenters. The molecule has 0 saturated heterocycles. The first kappa shape index (κ1) is 20.9. The molecule has 0 spiro atoms. The number of benzene rings is 3. The summed E-state index contributed by atoms with van der Waals surface area (Å²) in [5, 5.41) is 3.36. The summed E-state index contributed by atoms with van der Waals surface area (Å²) in [6.07, 6.45) is 2.04. The van der Waals surface area contributed by atoms with E-state index in [4.69, 9.17) is 4.74 Å². The molecule has 1 N–H and O–H groups in total. The molecule has 1 heterocycles. The van der Waals surface area contributed by atoms with Gasteiger partial charge in [0.2, 0.25) is 0 Å². The molecule has 0 aliphatic heterocycles. The summed E-state index contributed by atoms with van der Waals surface area (Å²) in [5.74, 6) is 0.795. The maximum atomic E-state index is 13.1. The lowest BCUT2D eigenvalue weighted by molar-refractivity contribution is 0.306. The molecule has 0 bridgehead atoms. The summed E-state index contributed by atoms with van der Waals surface area (Å²) >= 11 is 1.52. The van der Waals surface area contributed by atoms with Crippen LogP contribution in [0.1, 0.15) is 25.3 Å². The van der Waals surface area contributed by atoms with Gasteiger partial charge in [-0.15, -0.1) is 0 Å². The molecule has 3 aromatic carbocycles. The number of ether oxygens (including phenoxy) is 1. The maximum Gasteiger partial charge on any atom is 0.284 e. The van der Waals surface area contributed by atoms with Crippen LogP contribution in [0, 0.1) is 0 Å². The van der Waals surface area contributed by atoms with E-state index in [2.05, 4.69) is 12.2 Å². The maximum absolute atomic E-state index is 13.1. The summed E-state index contributed by atoms with van der Waals surface area (Å²) < 4.78 is 7.72. The molecular formula is C26H26N2O2S. The molecule has 0 aliphatic rings. The second kappa shape index (κ2) is 10.1. The predicted molar refractivity (Wildman–Crippen MR) is 129 cm³/mol. The van der Waals surface area contributed by atoms with E-state index in [-0.39, 0.29) is 5.56 Å². The van der Waals surface area contributed by atoms with Crippen LogP contribution in [-0.4, -0.2) is 3.96 Å². The van der Waals surface area contributed by atoms with Gasteiger partial charge in [0, 0.05) is 12.2 Å². The number of anilines is 2. The van der Waals surface area contributed by atoms with Gasteiger partial charge in [-0.3, -0.25) is 8.75 Å². The zero-order valence-electron chi connectivity index (χ0n) is 17.6. The van der Waals surface area contributed by atoms with Crippen molar-refractivity contribution in [1.29, 1.82) is 0 Å². The first-order valence-electron chi connectivity index (χ1n) is 10.6. The van der Waals surface area contributed by atoms with Crippen molar-refractivity contribution < 1.29 is 4.74 Å². The Bertz CT molecular complexity index is 1150. The number of hydrogen-bond acceptors (Lipinski definition) is 4. The molecule has 4 rings (SSSR count). The second-order valence-corrected chi connectivity index (χ2v) is 8.38. The lowest BCUT2D eigenvalue weighted by Crippen LogP contribution is -2.15. The van der Waals surface area contributed by atoms with Crippen molar-refractivity contribution in [3.05, 3.63) is 101 Å². The summed E-state index contributed by atoms with van der Waals surface area (Å²) in [4.78, 5) is 14.0. The molecule has 4 nitrogen and oxygen atoms in total. The van der Waals surface area contributed by atoms with Crippen molar-refractivity contribution in [1.82, 2.24) is 3.96 Å². The van der Waals surface area contributed by atoms with Crippen molar-refractivity contribution in [2.75, 3.05) is 5.32 Å². The van der Waals surface area contributed by atoms with Crippen LogP contribution in [0.2, 0.25) is 0 Å². The van der Waals surface area contributed by atoms with E-state index >= 15 is 0 Å². The molecule has 0 aliphatic carbocycles. The van der Waals surface area contributed by atoms with Crippen LogP contribution in [-0.2, 0) is 13.2 Å². The van der Waals surface area contributed by atoms with Gasteiger partial charge >= 0.3 is 0 Å². The smallest absolute Gasteiger partial charge is 0.284 e. The minimum atomic E-state index is 0.0294. The van der Waals surface area contributed by atoms with Gasteiger partial charge in [0.05, 0.1) is 4.88 Å². The van der Waals surface area contributed by atoms with E-state index < -0.39 is 0 Å². The summed E-state index contributed by atoms with van der Waals surface area (Å²) in [6, 6.07) is 27.9. The summed E-state index contributed by atoms with van der Waals surface area (Å²) in [5.41, 5.74) is 3.70. The molecule has 0 fully saturated rings. The second-order valence-electron chi connectivity index (χ2n) is 7.35. The fourth-order valence-corrected chi connectivity index (χ4v) is 4.37. The Morgan fingerprint density at radius 1 is 0.903 bits per heavy atom.